The van der Waals surface area contributed by atoms with Crippen molar-refractivity contribution in [3.63, 3.8) is 0 Å². The first-order valence-corrected chi connectivity index (χ1v) is 12.0. The molecule has 7 heteroatoms. The van der Waals surface area contributed by atoms with Crippen molar-refractivity contribution in [1.29, 1.82) is 0 Å². The molecule has 0 unspecified atom stereocenters. The smallest absolute Gasteiger partial charge is 0.391 e. The van der Waals surface area contributed by atoms with Gasteiger partial charge in [-0.2, -0.15) is 13.2 Å². The molecule has 2 aromatic rings. The molecule has 180 valence electrons. The molecule has 1 saturated carbocycles. The van der Waals surface area contributed by atoms with Crippen molar-refractivity contribution in [2.75, 3.05) is 19.7 Å². The molecular weight excluding hydrogens is 431 g/mol. The van der Waals surface area contributed by atoms with E-state index >= 15 is 0 Å². The predicted octanol–water partition coefficient (Wildman–Crippen LogP) is 6.11. The van der Waals surface area contributed by atoms with Gasteiger partial charge in [-0.15, -0.1) is 0 Å². The summed E-state index contributed by atoms with van der Waals surface area (Å²) in [5.41, 5.74) is 1.19. The third-order valence-electron chi connectivity index (χ3n) is 6.95. The summed E-state index contributed by atoms with van der Waals surface area (Å²) >= 11 is 0. The van der Waals surface area contributed by atoms with Crippen LogP contribution >= 0.6 is 0 Å². The Morgan fingerprint density at radius 1 is 1.03 bits per heavy atom. The van der Waals surface area contributed by atoms with Crippen molar-refractivity contribution < 1.29 is 27.4 Å². The van der Waals surface area contributed by atoms with Crippen LogP contribution in [0.4, 0.5) is 13.2 Å². The van der Waals surface area contributed by atoms with Gasteiger partial charge in [-0.3, -0.25) is 9.69 Å². The minimum Gasteiger partial charge on any atom is -0.490 e. The number of hydrogen-bond donors (Lipinski definition) is 0. The summed E-state index contributed by atoms with van der Waals surface area (Å²) in [6.45, 7) is 4.81. The van der Waals surface area contributed by atoms with Crippen LogP contribution in [0.2, 0.25) is 0 Å². The Morgan fingerprint density at radius 3 is 2.42 bits per heavy atom. The highest BCUT2D eigenvalue weighted by atomic mass is 19.4. The van der Waals surface area contributed by atoms with Crippen LogP contribution in [0.3, 0.4) is 0 Å². The third-order valence-corrected chi connectivity index (χ3v) is 6.95. The number of benzene rings is 2. The summed E-state index contributed by atoms with van der Waals surface area (Å²) in [5.74, 6) is -0.537. The highest BCUT2D eigenvalue weighted by Gasteiger charge is 2.41. The van der Waals surface area contributed by atoms with E-state index in [4.69, 9.17) is 9.47 Å². The molecule has 4 nitrogen and oxygen atoms in total. The summed E-state index contributed by atoms with van der Waals surface area (Å²) in [5, 5.41) is 2.05. The van der Waals surface area contributed by atoms with Crippen LogP contribution in [0.5, 0.6) is 5.75 Å². The molecule has 1 aliphatic heterocycles. The highest BCUT2D eigenvalue weighted by Crippen LogP contribution is 2.39. The molecule has 1 heterocycles. The van der Waals surface area contributed by atoms with Gasteiger partial charge in [-0.1, -0.05) is 24.3 Å². The largest absolute Gasteiger partial charge is 0.490 e. The van der Waals surface area contributed by atoms with Gasteiger partial charge in [0.25, 0.3) is 0 Å². The van der Waals surface area contributed by atoms with Gasteiger partial charge in [-0.25, -0.2) is 0 Å². The van der Waals surface area contributed by atoms with Crippen molar-refractivity contribution in [1.82, 2.24) is 4.90 Å². The maximum atomic E-state index is 12.9. The number of likely N-dealkylation sites (tertiary alicyclic amines) is 1. The second kappa shape index (κ2) is 10.3. The molecule has 0 bridgehead atoms. The minimum absolute atomic E-state index is 0.00343. The number of carbonyl (C=O) groups is 1. The molecule has 33 heavy (non-hydrogen) atoms. The fourth-order valence-electron chi connectivity index (χ4n) is 5.04. The van der Waals surface area contributed by atoms with E-state index in [9.17, 15) is 18.0 Å². The summed E-state index contributed by atoms with van der Waals surface area (Å²) in [6, 6.07) is 12.2. The van der Waals surface area contributed by atoms with Crippen molar-refractivity contribution in [2.45, 2.75) is 64.3 Å². The van der Waals surface area contributed by atoms with Gasteiger partial charge < -0.3 is 9.47 Å². The van der Waals surface area contributed by atoms with Crippen LogP contribution in [0.25, 0.3) is 10.8 Å². The van der Waals surface area contributed by atoms with E-state index in [0.717, 1.165) is 49.0 Å². The minimum atomic E-state index is -4.10. The number of alkyl halides is 3. The average Bonchev–Trinajstić information content (AvgIpc) is 2.79. The van der Waals surface area contributed by atoms with Crippen LogP contribution in [-0.2, 0) is 16.1 Å². The van der Waals surface area contributed by atoms with Gasteiger partial charge in [0.15, 0.2) is 0 Å². The SMILES string of the molecule is CCOC(=O)C1CCN(Cc2ccc3c(OC4CCC(C(F)(F)F)CC4)cccc3c2)CC1. The topological polar surface area (TPSA) is 38.8 Å². The summed E-state index contributed by atoms with van der Waals surface area (Å²) in [6.07, 6.45) is -1.50. The Kier molecular flexibility index (Phi) is 7.47. The number of carbonyl (C=O) groups excluding carboxylic acids is 1. The zero-order chi connectivity index (χ0) is 23.4. The highest BCUT2D eigenvalue weighted by molar-refractivity contribution is 5.88. The van der Waals surface area contributed by atoms with E-state index < -0.39 is 12.1 Å². The first-order valence-electron chi connectivity index (χ1n) is 12.0. The zero-order valence-electron chi connectivity index (χ0n) is 19.1. The lowest BCUT2D eigenvalue weighted by molar-refractivity contribution is -0.185. The number of esters is 1. The number of piperidine rings is 1. The lowest BCUT2D eigenvalue weighted by Gasteiger charge is -2.31. The number of fused-ring (bicyclic) bond motifs is 1. The normalized spacial score (nSPS) is 22.9. The van der Waals surface area contributed by atoms with E-state index in [1.165, 1.54) is 5.56 Å². The van der Waals surface area contributed by atoms with Crippen molar-refractivity contribution >= 4 is 16.7 Å². The lowest BCUT2D eigenvalue weighted by Crippen LogP contribution is -2.36. The van der Waals surface area contributed by atoms with Crippen LogP contribution in [0.15, 0.2) is 36.4 Å². The quantitative estimate of drug-likeness (QED) is 0.484. The van der Waals surface area contributed by atoms with Crippen molar-refractivity contribution in [3.8, 4) is 5.75 Å². The Bertz CT molecular complexity index is 945. The van der Waals surface area contributed by atoms with Crippen LogP contribution in [0.1, 0.15) is 51.0 Å². The molecule has 2 aromatic carbocycles. The fraction of sp³-hybridized carbons (Fsp3) is 0.577. The standard InChI is InChI=1S/C26H32F3NO3/c1-2-32-25(31)19-12-14-30(15-13-19)17-18-6-11-23-20(16-18)4-3-5-24(23)33-22-9-7-21(8-10-22)26(27,28)29/h3-6,11,16,19,21-22H,2,7-10,12-15,17H2,1H3. The molecule has 2 aliphatic rings. The summed E-state index contributed by atoms with van der Waals surface area (Å²) in [7, 11) is 0. The predicted molar refractivity (Wildman–Crippen MR) is 121 cm³/mol. The molecule has 0 atom stereocenters. The third kappa shape index (κ3) is 5.99. The van der Waals surface area contributed by atoms with Gasteiger partial charge in [0.2, 0.25) is 0 Å². The maximum Gasteiger partial charge on any atom is 0.391 e. The Labute approximate surface area is 193 Å². The van der Waals surface area contributed by atoms with Crippen LogP contribution in [0, 0.1) is 11.8 Å². The average molecular weight is 464 g/mol. The second-order valence-corrected chi connectivity index (χ2v) is 9.25. The molecule has 0 amide bonds. The van der Waals surface area contributed by atoms with Gasteiger partial charge in [0.1, 0.15) is 5.75 Å². The van der Waals surface area contributed by atoms with Crippen LogP contribution < -0.4 is 4.74 Å². The molecule has 0 radical (unpaired) electrons. The number of rotatable bonds is 6. The first-order chi connectivity index (χ1) is 15.8. The van der Waals surface area contributed by atoms with E-state index in [1.54, 1.807) is 0 Å². The zero-order valence-corrected chi connectivity index (χ0v) is 19.1. The molecule has 0 spiro atoms. The van der Waals surface area contributed by atoms with E-state index in [2.05, 4.69) is 17.0 Å². The second-order valence-electron chi connectivity index (χ2n) is 9.25. The first kappa shape index (κ1) is 23.9. The van der Waals surface area contributed by atoms with Gasteiger partial charge >= 0.3 is 12.1 Å². The number of halogens is 3. The van der Waals surface area contributed by atoms with Gasteiger partial charge in [0.05, 0.1) is 24.5 Å². The molecule has 1 saturated heterocycles. The Hall–Kier alpha value is -2.28. The van der Waals surface area contributed by atoms with Gasteiger partial charge in [-0.05, 0) is 81.6 Å². The lowest BCUT2D eigenvalue weighted by atomic mass is 9.87. The maximum absolute atomic E-state index is 12.9. The van der Waals surface area contributed by atoms with Crippen molar-refractivity contribution in [3.05, 3.63) is 42.0 Å². The van der Waals surface area contributed by atoms with E-state index in [-0.39, 0.29) is 30.8 Å². The van der Waals surface area contributed by atoms with E-state index in [0.29, 0.717) is 19.4 Å². The Balaban J connectivity index is 1.35. The molecule has 0 N–H and O–H groups in total. The number of hydrogen-bond acceptors (Lipinski definition) is 4. The summed E-state index contributed by atoms with van der Waals surface area (Å²) in [4.78, 5) is 14.3. The monoisotopic (exact) mass is 463 g/mol. The molecular formula is C26H32F3NO3. The van der Waals surface area contributed by atoms with Gasteiger partial charge in [0, 0.05) is 11.9 Å². The van der Waals surface area contributed by atoms with E-state index in [1.807, 2.05) is 31.2 Å². The van der Waals surface area contributed by atoms with Crippen molar-refractivity contribution in [2.24, 2.45) is 11.8 Å². The Morgan fingerprint density at radius 2 is 1.76 bits per heavy atom. The number of nitrogens with zero attached hydrogens (tertiary/aromatic N) is 1. The molecule has 0 aromatic heterocycles. The summed E-state index contributed by atoms with van der Waals surface area (Å²) < 4.78 is 50.1. The van der Waals surface area contributed by atoms with Crippen LogP contribution in [-0.4, -0.2) is 42.8 Å². The fourth-order valence-corrected chi connectivity index (χ4v) is 5.04. The number of ether oxygens (including phenoxy) is 2. The molecule has 4 rings (SSSR count). The molecule has 2 fully saturated rings. The molecule has 1 aliphatic carbocycles.